The van der Waals surface area contributed by atoms with Crippen LogP contribution in [0, 0.1) is 11.3 Å². The van der Waals surface area contributed by atoms with Crippen molar-refractivity contribution < 1.29 is 14.3 Å². The van der Waals surface area contributed by atoms with Gasteiger partial charge in [0.25, 0.3) is 0 Å². The maximum Gasteiger partial charge on any atom is 0.226 e. The average Bonchev–Trinajstić information content (AvgIpc) is 3.43. The van der Waals surface area contributed by atoms with Crippen molar-refractivity contribution in [1.29, 1.82) is 0 Å². The first-order chi connectivity index (χ1) is 10.2. The van der Waals surface area contributed by atoms with Crippen LogP contribution in [0.2, 0.25) is 0 Å². The van der Waals surface area contributed by atoms with E-state index in [9.17, 15) is 4.79 Å². The number of hydrogen-bond acceptors (Lipinski definition) is 3. The molecule has 3 rings (SSSR count). The van der Waals surface area contributed by atoms with E-state index in [2.05, 4.69) is 0 Å². The molecule has 0 aromatic heterocycles. The highest BCUT2D eigenvalue weighted by atomic mass is 16.5. The molecule has 2 aliphatic carbocycles. The van der Waals surface area contributed by atoms with E-state index >= 15 is 0 Å². The van der Waals surface area contributed by atoms with Crippen LogP contribution in [0.1, 0.15) is 25.7 Å². The van der Waals surface area contributed by atoms with Crippen molar-refractivity contribution in [3.05, 3.63) is 24.3 Å². The van der Waals surface area contributed by atoms with E-state index in [1.807, 2.05) is 36.2 Å². The van der Waals surface area contributed by atoms with Crippen LogP contribution in [-0.4, -0.2) is 38.1 Å². The normalized spacial score (nSPS) is 21.0. The van der Waals surface area contributed by atoms with Gasteiger partial charge in [0.2, 0.25) is 5.91 Å². The lowest BCUT2D eigenvalue weighted by Crippen LogP contribution is -2.30. The second-order valence-corrected chi connectivity index (χ2v) is 6.23. The van der Waals surface area contributed by atoms with Crippen molar-refractivity contribution in [2.45, 2.75) is 25.7 Å². The number of nitrogens with zero attached hydrogens (tertiary/aromatic N) is 1. The van der Waals surface area contributed by atoms with E-state index < -0.39 is 0 Å². The van der Waals surface area contributed by atoms with Crippen molar-refractivity contribution in [1.82, 2.24) is 4.90 Å². The Balaban J connectivity index is 1.39. The van der Waals surface area contributed by atoms with Gasteiger partial charge in [-0.3, -0.25) is 4.79 Å². The summed E-state index contributed by atoms with van der Waals surface area (Å²) in [7, 11) is 3.54. The molecule has 0 radical (unpaired) electrons. The van der Waals surface area contributed by atoms with E-state index in [4.69, 9.17) is 9.47 Å². The predicted molar refractivity (Wildman–Crippen MR) is 80.5 cm³/mol. The quantitative estimate of drug-likeness (QED) is 0.724. The van der Waals surface area contributed by atoms with Crippen LogP contribution < -0.4 is 9.47 Å². The number of hydrogen-bond donors (Lipinski definition) is 0. The summed E-state index contributed by atoms with van der Waals surface area (Å²) < 4.78 is 11.0. The molecule has 1 aromatic rings. The Kier molecular flexibility index (Phi) is 3.79. The Bertz CT molecular complexity index is 525. The highest BCUT2D eigenvalue weighted by molar-refractivity contribution is 5.83. The molecule has 0 aliphatic heterocycles. The SMILES string of the molecule is COc1ccccc1OCCCN(C)C(=O)[C@@H]1CC12CC2. The third kappa shape index (κ3) is 2.99. The first kappa shape index (κ1) is 14.2. The molecule has 0 heterocycles. The van der Waals surface area contributed by atoms with E-state index in [1.165, 1.54) is 12.8 Å². The third-order valence-corrected chi connectivity index (χ3v) is 4.72. The molecule has 0 N–H and O–H groups in total. The Morgan fingerprint density at radius 2 is 2.05 bits per heavy atom. The molecule has 1 aromatic carbocycles. The van der Waals surface area contributed by atoms with Crippen LogP contribution in [0.5, 0.6) is 11.5 Å². The zero-order chi connectivity index (χ0) is 14.9. The summed E-state index contributed by atoms with van der Waals surface area (Å²) in [5, 5.41) is 0. The maximum absolute atomic E-state index is 12.2. The molecule has 2 aliphatic rings. The molecule has 4 heteroatoms. The van der Waals surface area contributed by atoms with Crippen LogP contribution in [0.15, 0.2) is 24.3 Å². The highest BCUT2D eigenvalue weighted by Crippen LogP contribution is 2.70. The van der Waals surface area contributed by atoms with Gasteiger partial charge in [0.1, 0.15) is 0 Å². The average molecular weight is 289 g/mol. The fourth-order valence-electron chi connectivity index (χ4n) is 3.01. The van der Waals surface area contributed by atoms with Crippen LogP contribution >= 0.6 is 0 Å². The minimum atomic E-state index is 0.317. The summed E-state index contributed by atoms with van der Waals surface area (Å²) in [6, 6.07) is 7.62. The number of benzene rings is 1. The van der Waals surface area contributed by atoms with E-state index in [-0.39, 0.29) is 0 Å². The number of carbonyl (C=O) groups is 1. The lowest BCUT2D eigenvalue weighted by Gasteiger charge is -2.17. The molecule has 4 nitrogen and oxygen atoms in total. The Morgan fingerprint density at radius 3 is 2.67 bits per heavy atom. The lowest BCUT2D eigenvalue weighted by molar-refractivity contribution is -0.131. The summed E-state index contributed by atoms with van der Waals surface area (Å²) >= 11 is 0. The van der Waals surface area contributed by atoms with Gasteiger partial charge < -0.3 is 14.4 Å². The smallest absolute Gasteiger partial charge is 0.226 e. The summed E-state index contributed by atoms with van der Waals surface area (Å²) in [4.78, 5) is 14.1. The van der Waals surface area contributed by atoms with Gasteiger partial charge >= 0.3 is 0 Å². The fraction of sp³-hybridized carbons (Fsp3) is 0.588. The molecule has 1 amide bonds. The van der Waals surface area contributed by atoms with Gasteiger partial charge in [-0.1, -0.05) is 12.1 Å². The number of methoxy groups -OCH3 is 1. The van der Waals surface area contributed by atoms with Gasteiger partial charge in [-0.15, -0.1) is 0 Å². The standard InChI is InChI=1S/C17H23NO3/c1-18(16(19)13-12-17(13)8-9-17)10-5-11-21-15-7-4-3-6-14(15)20-2/h3-4,6-7,13H,5,8-12H2,1-2H3/t13-/m0/s1. The maximum atomic E-state index is 12.2. The molecule has 2 saturated carbocycles. The van der Waals surface area contributed by atoms with Crippen LogP contribution in [0.25, 0.3) is 0 Å². The zero-order valence-electron chi connectivity index (χ0n) is 12.8. The molecule has 0 unspecified atom stereocenters. The van der Waals surface area contributed by atoms with E-state index in [0.717, 1.165) is 30.9 Å². The van der Waals surface area contributed by atoms with Gasteiger partial charge in [0.05, 0.1) is 13.7 Å². The lowest BCUT2D eigenvalue weighted by atomic mass is 10.2. The Labute approximate surface area is 126 Å². The number of amides is 1. The molecule has 1 spiro atoms. The summed E-state index contributed by atoms with van der Waals surface area (Å²) in [5.41, 5.74) is 0.444. The van der Waals surface area contributed by atoms with Crippen LogP contribution in [0.3, 0.4) is 0 Å². The monoisotopic (exact) mass is 289 g/mol. The number of carbonyl (C=O) groups excluding carboxylic acids is 1. The topological polar surface area (TPSA) is 38.8 Å². The molecule has 21 heavy (non-hydrogen) atoms. The first-order valence-corrected chi connectivity index (χ1v) is 7.67. The van der Waals surface area contributed by atoms with Crippen molar-refractivity contribution >= 4 is 5.91 Å². The number of rotatable bonds is 7. The van der Waals surface area contributed by atoms with Crippen LogP contribution in [0.4, 0.5) is 0 Å². The van der Waals surface area contributed by atoms with E-state index in [0.29, 0.717) is 23.8 Å². The van der Waals surface area contributed by atoms with Gasteiger partial charge in [0, 0.05) is 19.5 Å². The Morgan fingerprint density at radius 1 is 1.33 bits per heavy atom. The minimum absolute atomic E-state index is 0.317. The Hall–Kier alpha value is -1.71. The molecular formula is C17H23NO3. The predicted octanol–water partition coefficient (Wildman–Crippen LogP) is 2.72. The molecular weight excluding hydrogens is 266 g/mol. The molecule has 0 saturated heterocycles. The highest BCUT2D eigenvalue weighted by Gasteiger charge is 2.66. The van der Waals surface area contributed by atoms with Gasteiger partial charge in [0.15, 0.2) is 11.5 Å². The van der Waals surface area contributed by atoms with Gasteiger partial charge in [-0.25, -0.2) is 0 Å². The van der Waals surface area contributed by atoms with E-state index in [1.54, 1.807) is 7.11 Å². The second kappa shape index (κ2) is 5.58. The summed E-state index contributed by atoms with van der Waals surface area (Å²) in [6.45, 7) is 1.34. The first-order valence-electron chi connectivity index (χ1n) is 7.67. The van der Waals surface area contributed by atoms with Crippen LogP contribution in [-0.2, 0) is 4.79 Å². The summed E-state index contributed by atoms with van der Waals surface area (Å²) in [6.07, 6.45) is 4.47. The van der Waals surface area contributed by atoms with Crippen molar-refractivity contribution in [3.8, 4) is 11.5 Å². The second-order valence-electron chi connectivity index (χ2n) is 6.23. The zero-order valence-corrected chi connectivity index (χ0v) is 12.8. The summed E-state index contributed by atoms with van der Waals surface area (Å²) in [5.74, 6) is 2.14. The fourth-order valence-corrected chi connectivity index (χ4v) is 3.01. The van der Waals surface area contributed by atoms with Crippen molar-refractivity contribution in [2.75, 3.05) is 27.3 Å². The van der Waals surface area contributed by atoms with Crippen molar-refractivity contribution in [2.24, 2.45) is 11.3 Å². The van der Waals surface area contributed by atoms with Gasteiger partial charge in [-0.05, 0) is 43.2 Å². The molecule has 0 bridgehead atoms. The minimum Gasteiger partial charge on any atom is -0.493 e. The number of para-hydroxylation sites is 2. The number of ether oxygens (including phenoxy) is 2. The largest absolute Gasteiger partial charge is 0.493 e. The third-order valence-electron chi connectivity index (χ3n) is 4.72. The van der Waals surface area contributed by atoms with Gasteiger partial charge in [-0.2, -0.15) is 0 Å². The van der Waals surface area contributed by atoms with Crippen molar-refractivity contribution in [3.63, 3.8) is 0 Å². The molecule has 1 atom stereocenters. The molecule has 2 fully saturated rings. The molecule has 114 valence electrons.